The van der Waals surface area contributed by atoms with E-state index in [0.29, 0.717) is 44.2 Å². The average Bonchev–Trinajstić information content (AvgIpc) is 3.59. The Hall–Kier alpha value is -4.51. The molecule has 35 heavy (non-hydrogen) atoms. The molecule has 0 spiro atoms. The summed E-state index contributed by atoms with van der Waals surface area (Å²) in [6.45, 7) is 1.67. The van der Waals surface area contributed by atoms with Gasteiger partial charge in [0.05, 0.1) is 6.26 Å². The number of amides is 1. The first-order valence-corrected chi connectivity index (χ1v) is 11.5. The summed E-state index contributed by atoms with van der Waals surface area (Å²) in [5.74, 6) is 1.77. The Morgan fingerprint density at radius 3 is 2.54 bits per heavy atom. The van der Waals surface area contributed by atoms with Crippen molar-refractivity contribution in [3.8, 4) is 23.5 Å². The van der Waals surface area contributed by atoms with E-state index in [1.165, 1.54) is 6.26 Å². The molecule has 0 bridgehead atoms. The van der Waals surface area contributed by atoms with Gasteiger partial charge in [0.1, 0.15) is 18.4 Å². The third-order valence-electron chi connectivity index (χ3n) is 5.97. The molecular formula is C27H24N4O4. The van der Waals surface area contributed by atoms with E-state index < -0.39 is 0 Å². The maximum Gasteiger partial charge on any atom is 0.266 e. The van der Waals surface area contributed by atoms with Crippen LogP contribution in [-0.2, 0) is 11.4 Å². The zero-order valence-corrected chi connectivity index (χ0v) is 19.0. The molecule has 8 heteroatoms. The molecular weight excluding hydrogens is 444 g/mol. The number of nitrogens with zero attached hydrogens (tertiary/aromatic N) is 3. The van der Waals surface area contributed by atoms with Crippen LogP contribution in [0, 0.1) is 17.2 Å². The summed E-state index contributed by atoms with van der Waals surface area (Å²) in [5.41, 5.74) is 2.05. The van der Waals surface area contributed by atoms with Crippen molar-refractivity contribution in [2.45, 2.75) is 19.4 Å². The summed E-state index contributed by atoms with van der Waals surface area (Å²) in [5, 5.41) is 12.5. The fraction of sp³-hybridized carbons (Fsp3) is 0.222. The molecule has 5 rings (SSSR count). The number of anilines is 2. The topological polar surface area (TPSA) is 105 Å². The van der Waals surface area contributed by atoms with Crippen LogP contribution >= 0.6 is 0 Å². The summed E-state index contributed by atoms with van der Waals surface area (Å²) in [6.07, 6.45) is 2.82. The van der Waals surface area contributed by atoms with E-state index in [0.717, 1.165) is 17.0 Å². The maximum absolute atomic E-state index is 12.8. The zero-order chi connectivity index (χ0) is 24.0. The molecule has 2 aromatic heterocycles. The van der Waals surface area contributed by atoms with Crippen LogP contribution in [0.4, 0.5) is 11.6 Å². The van der Waals surface area contributed by atoms with Gasteiger partial charge in [-0.15, -0.1) is 0 Å². The minimum absolute atomic E-state index is 0.0167. The van der Waals surface area contributed by atoms with Crippen molar-refractivity contribution in [1.82, 2.24) is 4.98 Å². The van der Waals surface area contributed by atoms with Crippen molar-refractivity contribution in [3.05, 3.63) is 84.3 Å². The number of benzene rings is 2. The standard InChI is InChI=1S/C27H24N4O4/c28-17-23-27(35-26(30-23)24-7-4-16-33-24)31-14-12-20(13-15-31)25(32)29-21-8-10-22(11-9-21)34-18-19-5-2-1-3-6-19/h1-11,16,20H,12-15,18H2,(H,29,32). The summed E-state index contributed by atoms with van der Waals surface area (Å²) in [7, 11) is 0. The lowest BCUT2D eigenvalue weighted by molar-refractivity contribution is -0.120. The molecule has 8 nitrogen and oxygen atoms in total. The minimum Gasteiger partial charge on any atom is -0.489 e. The highest BCUT2D eigenvalue weighted by atomic mass is 16.5. The van der Waals surface area contributed by atoms with Gasteiger partial charge in [-0.3, -0.25) is 4.79 Å². The van der Waals surface area contributed by atoms with E-state index in [9.17, 15) is 10.1 Å². The third kappa shape index (κ3) is 5.20. The fourth-order valence-electron chi connectivity index (χ4n) is 4.07. The van der Waals surface area contributed by atoms with E-state index in [-0.39, 0.29) is 23.4 Å². The molecule has 1 fully saturated rings. The van der Waals surface area contributed by atoms with Gasteiger partial charge in [-0.25, -0.2) is 0 Å². The van der Waals surface area contributed by atoms with Gasteiger partial charge >= 0.3 is 0 Å². The average molecular weight is 469 g/mol. The highest BCUT2D eigenvalue weighted by Crippen LogP contribution is 2.31. The second kappa shape index (κ2) is 10.2. The molecule has 3 heterocycles. The molecule has 4 aromatic rings. The molecule has 1 amide bonds. The number of ether oxygens (including phenoxy) is 1. The van der Waals surface area contributed by atoms with Crippen molar-refractivity contribution in [2.75, 3.05) is 23.3 Å². The van der Waals surface area contributed by atoms with E-state index >= 15 is 0 Å². The Morgan fingerprint density at radius 2 is 1.86 bits per heavy atom. The van der Waals surface area contributed by atoms with E-state index in [4.69, 9.17) is 13.6 Å². The largest absolute Gasteiger partial charge is 0.489 e. The van der Waals surface area contributed by atoms with E-state index in [1.54, 1.807) is 12.1 Å². The number of oxazole rings is 1. The number of hydrogen-bond donors (Lipinski definition) is 1. The predicted octanol–water partition coefficient (Wildman–Crippen LogP) is 5.24. The van der Waals surface area contributed by atoms with Gasteiger partial charge in [0.2, 0.25) is 17.5 Å². The van der Waals surface area contributed by atoms with Crippen molar-refractivity contribution in [2.24, 2.45) is 5.92 Å². The van der Waals surface area contributed by atoms with Crippen LogP contribution < -0.4 is 15.0 Å². The van der Waals surface area contributed by atoms with Gasteiger partial charge in [0, 0.05) is 24.7 Å². The molecule has 1 aliphatic rings. The smallest absolute Gasteiger partial charge is 0.266 e. The Balaban J connectivity index is 1.14. The number of rotatable bonds is 7. The van der Waals surface area contributed by atoms with Gasteiger partial charge in [-0.1, -0.05) is 30.3 Å². The number of carbonyl (C=O) groups is 1. The summed E-state index contributed by atoms with van der Waals surface area (Å²) < 4.78 is 17.0. The molecule has 0 radical (unpaired) electrons. The van der Waals surface area contributed by atoms with Crippen molar-refractivity contribution in [1.29, 1.82) is 5.26 Å². The number of furan rings is 1. The number of carbonyl (C=O) groups excluding carboxylic acids is 1. The molecule has 0 aliphatic carbocycles. The Kier molecular flexibility index (Phi) is 6.48. The molecule has 1 N–H and O–H groups in total. The summed E-state index contributed by atoms with van der Waals surface area (Å²) in [4.78, 5) is 19.0. The predicted molar refractivity (Wildman–Crippen MR) is 130 cm³/mol. The van der Waals surface area contributed by atoms with Crippen LogP contribution in [-0.4, -0.2) is 24.0 Å². The Bertz CT molecular complexity index is 1300. The van der Waals surface area contributed by atoms with E-state index in [2.05, 4.69) is 16.4 Å². The van der Waals surface area contributed by atoms with Crippen molar-refractivity contribution in [3.63, 3.8) is 0 Å². The maximum atomic E-state index is 12.8. The van der Waals surface area contributed by atoms with Crippen LogP contribution in [0.15, 0.2) is 81.8 Å². The molecule has 1 saturated heterocycles. The zero-order valence-electron chi connectivity index (χ0n) is 19.0. The second-order valence-electron chi connectivity index (χ2n) is 8.31. The lowest BCUT2D eigenvalue weighted by Gasteiger charge is -2.30. The molecule has 0 atom stereocenters. The number of hydrogen-bond acceptors (Lipinski definition) is 7. The van der Waals surface area contributed by atoms with Gasteiger partial charge in [-0.2, -0.15) is 10.2 Å². The number of aromatic nitrogens is 1. The lowest BCUT2D eigenvalue weighted by Crippen LogP contribution is -2.38. The van der Waals surface area contributed by atoms with Crippen LogP contribution in [0.2, 0.25) is 0 Å². The molecule has 0 unspecified atom stereocenters. The second-order valence-corrected chi connectivity index (χ2v) is 8.31. The fourth-order valence-corrected chi connectivity index (χ4v) is 4.07. The van der Waals surface area contributed by atoms with Crippen LogP contribution in [0.25, 0.3) is 11.7 Å². The normalized spacial score (nSPS) is 13.9. The molecule has 2 aromatic carbocycles. The van der Waals surface area contributed by atoms with Crippen molar-refractivity contribution < 1.29 is 18.4 Å². The number of piperidine rings is 1. The first-order chi connectivity index (χ1) is 17.2. The van der Waals surface area contributed by atoms with Gasteiger partial charge in [0.25, 0.3) is 5.89 Å². The lowest BCUT2D eigenvalue weighted by atomic mass is 9.96. The van der Waals surface area contributed by atoms with Crippen LogP contribution in [0.1, 0.15) is 24.1 Å². The summed E-state index contributed by atoms with van der Waals surface area (Å²) >= 11 is 0. The molecule has 1 aliphatic heterocycles. The first kappa shape index (κ1) is 22.3. The highest BCUT2D eigenvalue weighted by Gasteiger charge is 2.29. The highest BCUT2D eigenvalue weighted by molar-refractivity contribution is 5.92. The Morgan fingerprint density at radius 1 is 1.09 bits per heavy atom. The van der Waals surface area contributed by atoms with E-state index in [1.807, 2.05) is 59.5 Å². The van der Waals surface area contributed by atoms with Gasteiger partial charge in [-0.05, 0) is 54.8 Å². The van der Waals surface area contributed by atoms with Crippen LogP contribution in [0.3, 0.4) is 0 Å². The monoisotopic (exact) mass is 468 g/mol. The third-order valence-corrected chi connectivity index (χ3v) is 5.97. The van der Waals surface area contributed by atoms with Gasteiger partial charge < -0.3 is 23.8 Å². The summed E-state index contributed by atoms with van der Waals surface area (Å²) in [6, 6.07) is 22.9. The first-order valence-electron chi connectivity index (χ1n) is 11.5. The quantitative estimate of drug-likeness (QED) is 0.395. The minimum atomic E-state index is -0.127. The molecule has 0 saturated carbocycles. The number of nitrogens with one attached hydrogen (secondary N) is 1. The molecule has 176 valence electrons. The van der Waals surface area contributed by atoms with Crippen molar-refractivity contribution >= 4 is 17.5 Å². The Labute approximate surface area is 202 Å². The van der Waals surface area contributed by atoms with Gasteiger partial charge in [0.15, 0.2) is 5.76 Å². The SMILES string of the molecule is N#Cc1nc(-c2ccco2)oc1N1CCC(C(=O)Nc2ccc(OCc3ccccc3)cc2)CC1. The van der Waals surface area contributed by atoms with Crippen LogP contribution in [0.5, 0.6) is 5.75 Å². The number of nitriles is 1.